The molecule has 16 nitrogen and oxygen atoms in total. The van der Waals surface area contributed by atoms with Gasteiger partial charge in [0.1, 0.15) is 48.0 Å². The monoisotopic (exact) mass is 997 g/mol. The van der Waals surface area contributed by atoms with Crippen molar-refractivity contribution in [1.82, 2.24) is 30.1 Å². The van der Waals surface area contributed by atoms with Crippen molar-refractivity contribution in [3.63, 3.8) is 0 Å². The number of likely N-dealkylation sites (tertiary alicyclic amines) is 1. The fourth-order valence-electron chi connectivity index (χ4n) is 11.6. The van der Waals surface area contributed by atoms with Crippen molar-refractivity contribution in [2.45, 2.75) is 88.2 Å². The van der Waals surface area contributed by atoms with Crippen LogP contribution in [-0.4, -0.2) is 105 Å². The summed E-state index contributed by atoms with van der Waals surface area (Å²) >= 11 is 0. The summed E-state index contributed by atoms with van der Waals surface area (Å²) in [5.74, 6) is 2.33. The van der Waals surface area contributed by atoms with E-state index < -0.39 is 77.3 Å². The number of esters is 2. The summed E-state index contributed by atoms with van der Waals surface area (Å²) in [6.07, 6.45) is 3.31. The summed E-state index contributed by atoms with van der Waals surface area (Å²) in [7, 11) is 1.23. The Kier molecular flexibility index (Phi) is 14.3. The van der Waals surface area contributed by atoms with Gasteiger partial charge in [0.15, 0.2) is 0 Å². The van der Waals surface area contributed by atoms with Gasteiger partial charge in [-0.2, -0.15) is 0 Å². The number of urea groups is 1. The Labute approximate surface area is 429 Å². The second-order valence-corrected chi connectivity index (χ2v) is 19.6. The Hall–Kier alpha value is -7.87. The lowest BCUT2D eigenvalue weighted by Crippen LogP contribution is -2.58. The Morgan fingerprint density at radius 3 is 2.23 bits per heavy atom. The lowest BCUT2D eigenvalue weighted by molar-refractivity contribution is -0.179. The maximum Gasteiger partial charge on any atom is 0.329 e. The van der Waals surface area contributed by atoms with Crippen molar-refractivity contribution in [3.05, 3.63) is 155 Å². The molecular formula is C58H59N7O9. The first kappa shape index (κ1) is 49.7. The topological polar surface area (TPSA) is 186 Å². The number of fused-ring (bicyclic) bond motifs is 4. The third-order valence-corrected chi connectivity index (χ3v) is 14.9. The highest BCUT2D eigenvalue weighted by Gasteiger charge is 2.76. The van der Waals surface area contributed by atoms with Gasteiger partial charge < -0.3 is 29.5 Å². The molecule has 0 bridgehead atoms. The van der Waals surface area contributed by atoms with E-state index in [1.54, 1.807) is 59.8 Å². The van der Waals surface area contributed by atoms with Crippen molar-refractivity contribution in [2.75, 3.05) is 38.3 Å². The van der Waals surface area contributed by atoms with Crippen molar-refractivity contribution < 1.29 is 43.3 Å². The number of carbonyl (C=O) groups excluding carboxylic acids is 5. The zero-order chi connectivity index (χ0) is 51.5. The van der Waals surface area contributed by atoms with E-state index in [2.05, 4.69) is 27.5 Å². The van der Waals surface area contributed by atoms with Crippen molar-refractivity contribution in [3.8, 4) is 17.6 Å². The van der Waals surface area contributed by atoms with E-state index in [1.165, 1.54) is 7.11 Å². The third-order valence-electron chi connectivity index (χ3n) is 14.9. The molecule has 2 N–H and O–H groups in total. The fourth-order valence-corrected chi connectivity index (χ4v) is 11.6. The Balaban J connectivity index is 1.26. The molecule has 380 valence electrons. The second kappa shape index (κ2) is 21.3. The molecule has 5 aromatic carbocycles. The number of nitrogens with zero attached hydrogens (tertiary/aromatic N) is 6. The molecule has 74 heavy (non-hydrogen) atoms. The van der Waals surface area contributed by atoms with Gasteiger partial charge in [-0.3, -0.25) is 19.3 Å². The number of methoxy groups -OCH3 is 1. The lowest BCUT2D eigenvalue weighted by atomic mass is 9.64. The molecule has 4 aliphatic rings. The first-order chi connectivity index (χ1) is 36.1. The first-order valence-electron chi connectivity index (χ1n) is 25.4. The van der Waals surface area contributed by atoms with E-state index in [9.17, 15) is 9.90 Å². The molecule has 0 radical (unpaired) electrons. The van der Waals surface area contributed by atoms with E-state index in [0.29, 0.717) is 53.9 Å². The van der Waals surface area contributed by atoms with Gasteiger partial charge in [0, 0.05) is 18.7 Å². The number of anilines is 1. The predicted molar refractivity (Wildman–Crippen MR) is 274 cm³/mol. The number of carbonyl (C=O) groups is 5. The normalized spacial score (nSPS) is 23.0. The zero-order valence-electron chi connectivity index (χ0n) is 41.6. The molecule has 6 aromatic rings. The van der Waals surface area contributed by atoms with Crippen LogP contribution < -0.4 is 15.0 Å². The number of aliphatic hydroxyl groups is 1. The predicted octanol–water partition coefficient (Wildman–Crippen LogP) is 7.22. The summed E-state index contributed by atoms with van der Waals surface area (Å²) in [5, 5.41) is 21.3. The summed E-state index contributed by atoms with van der Waals surface area (Å²) < 4.78 is 19.6. The largest absolute Gasteiger partial charge is 0.491 e. The molecule has 1 spiro atoms. The van der Waals surface area contributed by atoms with Crippen LogP contribution >= 0.6 is 0 Å². The lowest BCUT2D eigenvalue weighted by Gasteiger charge is -2.46. The van der Waals surface area contributed by atoms with Gasteiger partial charge in [-0.15, -0.1) is 5.10 Å². The molecule has 0 saturated carbocycles. The van der Waals surface area contributed by atoms with Crippen molar-refractivity contribution >= 4 is 46.5 Å². The standard InChI is InChI=1S/C58H59N7O9/c1-37(2)48(54(68)72-3)59-57(71)64-45-29-28-38(19-18-32-63-46-27-14-13-26-44(46)60-61-63)35-43(45)58(56(64)70)47(53(67)62-30-15-5-4-6-16-31-62)50-55(69)74-51(40-22-11-8-12-23-40)49(39-20-9-7-10-21-39)65(50)52(58)41-24-17-25-42(36-41)73-34-33-66/h7-14,17,20-29,35-37,47-52,66H,4-6,15-16,30-34H2,1-3H3,(H,59,71)/t47-,48-,49-,50-,51+,52+,58-/m0/s1. The molecule has 4 aliphatic heterocycles. The molecule has 10 rings (SSSR count). The number of ether oxygens (including phenoxy) is 3. The van der Waals surface area contributed by atoms with Gasteiger partial charge in [-0.25, -0.2) is 19.2 Å². The number of para-hydroxylation sites is 1. The number of rotatable bonds is 11. The SMILES string of the molecule is COC(=O)[C@@H](NC(=O)N1C(=O)[C@@]2(c3cc(C#CCn4nnc5ccccc54)ccc31)[C@H](C(=O)N1CCCCCCC1)[C@H]1C(=O)O[C@H](c3ccccc3)[C@H](c3ccccc3)N1[C@@H]2c1cccc(OCCO)c1)C(C)C. The smallest absolute Gasteiger partial charge is 0.329 e. The molecular weight excluding hydrogens is 939 g/mol. The highest BCUT2D eigenvalue weighted by Crippen LogP contribution is 2.66. The molecule has 16 heteroatoms. The van der Waals surface area contributed by atoms with Gasteiger partial charge in [-0.05, 0) is 83.5 Å². The molecule has 4 amide bonds. The van der Waals surface area contributed by atoms with Crippen LogP contribution in [0.3, 0.4) is 0 Å². The van der Waals surface area contributed by atoms with Crippen LogP contribution in [0.1, 0.15) is 92.0 Å². The number of benzene rings is 5. The van der Waals surface area contributed by atoms with Crippen LogP contribution in [0, 0.1) is 23.7 Å². The van der Waals surface area contributed by atoms with Crippen LogP contribution in [0.5, 0.6) is 5.75 Å². The molecule has 0 unspecified atom stereocenters. The van der Waals surface area contributed by atoms with Crippen LogP contribution in [0.2, 0.25) is 0 Å². The average molecular weight is 998 g/mol. The highest BCUT2D eigenvalue weighted by atomic mass is 16.6. The van der Waals surface area contributed by atoms with E-state index in [4.69, 9.17) is 14.2 Å². The van der Waals surface area contributed by atoms with Gasteiger partial charge in [0.05, 0.1) is 42.9 Å². The van der Waals surface area contributed by atoms with Crippen molar-refractivity contribution in [2.24, 2.45) is 11.8 Å². The minimum atomic E-state index is -2.07. The van der Waals surface area contributed by atoms with E-state index in [-0.39, 0.29) is 31.0 Å². The second-order valence-electron chi connectivity index (χ2n) is 19.6. The molecule has 3 saturated heterocycles. The van der Waals surface area contributed by atoms with Crippen LogP contribution in [0.4, 0.5) is 10.5 Å². The van der Waals surface area contributed by atoms with E-state index in [0.717, 1.165) is 35.2 Å². The number of amides is 4. The number of hydrogen-bond donors (Lipinski definition) is 2. The number of aliphatic hydroxyl groups excluding tert-OH is 1. The average Bonchev–Trinajstić information content (AvgIpc) is 4.07. The summed E-state index contributed by atoms with van der Waals surface area (Å²) in [6, 6.07) is 33.3. The molecule has 5 heterocycles. The maximum absolute atomic E-state index is 16.9. The third kappa shape index (κ3) is 8.93. The van der Waals surface area contributed by atoms with Gasteiger partial charge in [0.25, 0.3) is 0 Å². The minimum Gasteiger partial charge on any atom is -0.491 e. The van der Waals surface area contributed by atoms with Gasteiger partial charge in [-0.1, -0.05) is 135 Å². The number of nitrogens with one attached hydrogen (secondary N) is 1. The quantitative estimate of drug-likeness (QED) is 0.0983. The summed E-state index contributed by atoms with van der Waals surface area (Å²) in [6.45, 7) is 4.15. The van der Waals surface area contributed by atoms with Crippen LogP contribution in [-0.2, 0) is 40.6 Å². The summed E-state index contributed by atoms with van der Waals surface area (Å²) in [4.78, 5) is 82.4. The molecule has 1 aromatic heterocycles. The minimum absolute atomic E-state index is 0.0317. The zero-order valence-corrected chi connectivity index (χ0v) is 41.6. The Morgan fingerprint density at radius 1 is 0.824 bits per heavy atom. The van der Waals surface area contributed by atoms with Gasteiger partial charge in [0.2, 0.25) is 11.8 Å². The van der Waals surface area contributed by atoms with Crippen LogP contribution in [0.15, 0.2) is 127 Å². The van der Waals surface area contributed by atoms with Crippen molar-refractivity contribution in [1.29, 1.82) is 0 Å². The van der Waals surface area contributed by atoms with Crippen LogP contribution in [0.25, 0.3) is 11.0 Å². The number of hydrogen-bond acceptors (Lipinski definition) is 12. The Bertz CT molecular complexity index is 3130. The highest BCUT2D eigenvalue weighted by molar-refractivity contribution is 6.25. The summed E-state index contributed by atoms with van der Waals surface area (Å²) in [5.41, 5.74) is 2.29. The first-order valence-corrected chi connectivity index (χ1v) is 25.4. The Morgan fingerprint density at radius 2 is 1.51 bits per heavy atom. The number of morpholine rings is 1. The fraction of sp³-hybridized carbons (Fsp3) is 0.362. The maximum atomic E-state index is 16.9. The van der Waals surface area contributed by atoms with E-state index >= 15 is 19.2 Å². The number of aromatic nitrogens is 3. The van der Waals surface area contributed by atoms with Gasteiger partial charge >= 0.3 is 18.0 Å². The molecule has 3 fully saturated rings. The molecule has 7 atom stereocenters. The number of cyclic esters (lactones) is 1. The molecule has 0 aliphatic carbocycles. The van der Waals surface area contributed by atoms with E-state index in [1.807, 2.05) is 95.9 Å². The number of imide groups is 1.